The Kier molecular flexibility index (Phi) is 10.3. The van der Waals surface area contributed by atoms with E-state index in [1.807, 2.05) is 0 Å². The second kappa shape index (κ2) is 17.4. The fourth-order valence-corrected chi connectivity index (χ4v) is 12.7. The molecule has 1 unspecified atom stereocenters. The molecule has 1 aliphatic carbocycles. The molecule has 0 spiro atoms. The van der Waals surface area contributed by atoms with Gasteiger partial charge in [0.15, 0.2) is 0 Å². The highest BCUT2D eigenvalue weighted by Crippen LogP contribution is 2.53. The number of hydrogen-bond acceptors (Lipinski definition) is 2. The van der Waals surface area contributed by atoms with Gasteiger partial charge in [0.2, 0.25) is 0 Å². The van der Waals surface area contributed by atoms with Crippen LogP contribution in [0.5, 0.6) is 0 Å². The number of benzene rings is 13. The van der Waals surface area contributed by atoms with Crippen molar-refractivity contribution in [1.29, 1.82) is 0 Å². The van der Waals surface area contributed by atoms with Gasteiger partial charge in [-0.15, -0.1) is 0 Å². The minimum atomic E-state index is 0.142. The molecule has 0 saturated heterocycles. The van der Waals surface area contributed by atoms with Crippen LogP contribution in [-0.2, 0) is 6.42 Å². The molecule has 0 fully saturated rings. The van der Waals surface area contributed by atoms with Crippen molar-refractivity contribution in [3.8, 4) is 11.1 Å². The molecule has 2 heteroatoms. The van der Waals surface area contributed by atoms with Crippen LogP contribution in [0.25, 0.3) is 81.8 Å². The third-order valence-electron chi connectivity index (χ3n) is 15.8. The second-order valence-electron chi connectivity index (χ2n) is 20.8. The molecular formula is C72H54N2. The van der Waals surface area contributed by atoms with Crippen molar-refractivity contribution in [3.63, 3.8) is 0 Å². The zero-order chi connectivity index (χ0) is 49.6. The van der Waals surface area contributed by atoms with Crippen molar-refractivity contribution in [2.75, 3.05) is 9.80 Å². The Bertz CT molecular complexity index is 4370. The molecule has 13 aromatic rings. The molecule has 0 bridgehead atoms. The molecule has 352 valence electrons. The van der Waals surface area contributed by atoms with Gasteiger partial charge in [0.25, 0.3) is 0 Å². The van der Waals surface area contributed by atoms with E-state index in [9.17, 15) is 0 Å². The van der Waals surface area contributed by atoms with Gasteiger partial charge in [0.05, 0.1) is 22.7 Å². The molecule has 0 aliphatic heterocycles. The van der Waals surface area contributed by atoms with Crippen LogP contribution in [0, 0.1) is 27.7 Å². The average Bonchev–Trinajstić information content (AvgIpc) is 3.42. The van der Waals surface area contributed by atoms with Crippen molar-refractivity contribution in [2.24, 2.45) is 0 Å². The summed E-state index contributed by atoms with van der Waals surface area (Å²) in [5, 5.41) is 14.8. The summed E-state index contributed by atoms with van der Waals surface area (Å²) < 4.78 is 0. The predicted molar refractivity (Wildman–Crippen MR) is 318 cm³/mol. The number of hydrogen-bond donors (Lipinski definition) is 0. The van der Waals surface area contributed by atoms with E-state index < -0.39 is 0 Å². The highest BCUT2D eigenvalue weighted by Gasteiger charge is 2.29. The highest BCUT2D eigenvalue weighted by atomic mass is 15.2. The van der Waals surface area contributed by atoms with Gasteiger partial charge in [-0.3, -0.25) is 0 Å². The summed E-state index contributed by atoms with van der Waals surface area (Å²) in [6, 6.07) is 84.8. The van der Waals surface area contributed by atoms with Crippen molar-refractivity contribution in [2.45, 2.75) is 40.0 Å². The summed E-state index contributed by atoms with van der Waals surface area (Å²) in [4.78, 5) is 5.13. The van der Waals surface area contributed by atoms with Gasteiger partial charge in [0, 0.05) is 44.2 Å². The molecule has 0 amide bonds. The Morgan fingerprint density at radius 1 is 0.351 bits per heavy atom. The molecule has 0 radical (unpaired) electrons. The first-order valence-corrected chi connectivity index (χ1v) is 26.1. The molecule has 1 aliphatic rings. The van der Waals surface area contributed by atoms with Gasteiger partial charge in [-0.2, -0.15) is 0 Å². The lowest BCUT2D eigenvalue weighted by atomic mass is 9.80. The van der Waals surface area contributed by atoms with E-state index in [0.29, 0.717) is 0 Å². The number of rotatable bonds is 8. The maximum Gasteiger partial charge on any atom is 0.0547 e. The van der Waals surface area contributed by atoms with E-state index >= 15 is 0 Å². The third-order valence-corrected chi connectivity index (χ3v) is 15.8. The van der Waals surface area contributed by atoms with Crippen LogP contribution >= 0.6 is 0 Å². The van der Waals surface area contributed by atoms with E-state index in [0.717, 1.165) is 34.9 Å². The number of aryl methyl sites for hydroxylation is 4. The first-order chi connectivity index (χ1) is 36.3. The van der Waals surface area contributed by atoms with Crippen LogP contribution in [-0.4, -0.2) is 0 Å². The van der Waals surface area contributed by atoms with Gasteiger partial charge in [0.1, 0.15) is 0 Å². The summed E-state index contributed by atoms with van der Waals surface area (Å²) in [5.41, 5.74) is 18.3. The van der Waals surface area contributed by atoms with E-state index in [1.54, 1.807) is 0 Å². The third kappa shape index (κ3) is 7.24. The van der Waals surface area contributed by atoms with E-state index in [1.165, 1.54) is 120 Å². The quantitative estimate of drug-likeness (QED) is 0.140. The topological polar surface area (TPSA) is 6.48 Å². The van der Waals surface area contributed by atoms with Crippen molar-refractivity contribution < 1.29 is 0 Å². The second-order valence-corrected chi connectivity index (χ2v) is 20.8. The molecule has 0 heterocycles. The summed E-state index contributed by atoms with van der Waals surface area (Å²) >= 11 is 0. The Hall–Kier alpha value is -8.98. The number of nitrogens with zero attached hydrogens (tertiary/aromatic N) is 2. The van der Waals surface area contributed by atoms with Crippen molar-refractivity contribution >= 4 is 105 Å². The predicted octanol–water partition coefficient (Wildman–Crippen LogP) is 20.2. The molecule has 74 heavy (non-hydrogen) atoms. The fraction of sp³-hybridized carbons (Fsp3) is 0.0833. The Morgan fingerprint density at radius 3 is 1.49 bits per heavy atom. The molecule has 14 rings (SSSR count). The van der Waals surface area contributed by atoms with Gasteiger partial charge < -0.3 is 9.80 Å². The van der Waals surface area contributed by atoms with Gasteiger partial charge in [-0.25, -0.2) is 0 Å². The molecule has 0 aromatic heterocycles. The number of allylic oxidation sites excluding steroid dienone is 1. The Labute approximate surface area is 433 Å². The van der Waals surface area contributed by atoms with Gasteiger partial charge in [-0.1, -0.05) is 182 Å². The van der Waals surface area contributed by atoms with Crippen LogP contribution in [0.15, 0.2) is 231 Å². The van der Waals surface area contributed by atoms with Crippen molar-refractivity contribution in [1.82, 2.24) is 0 Å². The van der Waals surface area contributed by atoms with E-state index in [4.69, 9.17) is 0 Å². The van der Waals surface area contributed by atoms with Gasteiger partial charge >= 0.3 is 0 Å². The minimum Gasteiger partial charge on any atom is -0.309 e. The van der Waals surface area contributed by atoms with Gasteiger partial charge in [-0.05, 0) is 176 Å². The maximum atomic E-state index is 2.57. The molecular weight excluding hydrogens is 893 g/mol. The first-order valence-electron chi connectivity index (χ1n) is 26.1. The summed E-state index contributed by atoms with van der Waals surface area (Å²) in [7, 11) is 0. The van der Waals surface area contributed by atoms with Crippen LogP contribution in [0.4, 0.5) is 34.1 Å². The summed E-state index contributed by atoms with van der Waals surface area (Å²) in [6.07, 6.45) is 5.74. The Morgan fingerprint density at radius 2 is 0.851 bits per heavy atom. The molecule has 1 atom stereocenters. The lowest BCUT2D eigenvalue weighted by Crippen LogP contribution is -2.14. The number of fused-ring (bicyclic) bond motifs is 4. The number of anilines is 6. The zero-order valence-corrected chi connectivity index (χ0v) is 42.2. The highest BCUT2D eigenvalue weighted by molar-refractivity contribution is 6.31. The minimum absolute atomic E-state index is 0.142. The lowest BCUT2D eigenvalue weighted by molar-refractivity contribution is 0.834. The lowest BCUT2D eigenvalue weighted by Gasteiger charge is -2.33. The standard InChI is InChI=1S/C72H54N2/c1-45-35-46(2)38-57(37-45)73(67-25-13-21-51-17-9-11-23-59(51)67)69-43-65(55-29-27-49-15-5-7-19-53(49)41-55)61-32-34-64-70(74(58-39-47(3)36-48(4)40-58)68-26-14-22-52-18-10-12-24-60(52)68)44-66(62-31-33-63(69)71(61)72(62)64)56-30-28-50-16-6-8-20-54(50)42-56/h5-41,43-44,56H,42H2,1-4H3. The first kappa shape index (κ1) is 43.8. The monoisotopic (exact) mass is 946 g/mol. The molecule has 0 saturated carbocycles. The normalized spacial score (nSPS) is 13.4. The summed E-state index contributed by atoms with van der Waals surface area (Å²) in [5.74, 6) is 0.142. The Balaban J connectivity index is 1.16. The largest absolute Gasteiger partial charge is 0.309 e. The van der Waals surface area contributed by atoms with Crippen LogP contribution in [0.3, 0.4) is 0 Å². The molecule has 2 nitrogen and oxygen atoms in total. The SMILES string of the molecule is Cc1cc(C)cc(N(c2cccc3ccccc23)c2cc(-c3ccc4ccccc4c3)c3ccc4c(N(c5cc(C)cc(C)c5)c5cccc6ccccc56)cc(C5C=Cc6ccccc6C5)c5ccc2c3c54)c1. The van der Waals surface area contributed by atoms with Crippen LogP contribution < -0.4 is 9.80 Å². The zero-order valence-electron chi connectivity index (χ0n) is 42.2. The van der Waals surface area contributed by atoms with Crippen molar-refractivity contribution in [3.05, 3.63) is 269 Å². The van der Waals surface area contributed by atoms with Crippen LogP contribution in [0.2, 0.25) is 0 Å². The average molecular weight is 947 g/mol. The fourth-order valence-electron chi connectivity index (χ4n) is 12.7. The molecule has 0 N–H and O–H groups in total. The molecule has 13 aromatic carbocycles. The smallest absolute Gasteiger partial charge is 0.0547 e. The van der Waals surface area contributed by atoms with E-state index in [2.05, 4.69) is 274 Å². The van der Waals surface area contributed by atoms with Crippen LogP contribution in [0.1, 0.15) is 44.9 Å². The summed E-state index contributed by atoms with van der Waals surface area (Å²) in [6.45, 7) is 8.90. The van der Waals surface area contributed by atoms with E-state index in [-0.39, 0.29) is 5.92 Å². The maximum absolute atomic E-state index is 2.57.